The molecule has 0 spiro atoms. The molecule has 5 rings (SSSR count). The fraction of sp³-hybridized carbons (Fsp3) is 0.214. The first-order chi connectivity index (χ1) is 17.1. The Morgan fingerprint density at radius 2 is 1.74 bits per heavy atom. The van der Waals surface area contributed by atoms with Crippen molar-refractivity contribution < 1.29 is 4.74 Å². The number of hydrogen-bond acceptors (Lipinski definition) is 6. The van der Waals surface area contributed by atoms with Crippen LogP contribution >= 0.6 is 0 Å². The van der Waals surface area contributed by atoms with E-state index in [2.05, 4.69) is 39.0 Å². The van der Waals surface area contributed by atoms with Gasteiger partial charge in [-0.1, -0.05) is 30.3 Å². The Morgan fingerprint density at radius 3 is 2.57 bits per heavy atom. The Kier molecular flexibility index (Phi) is 6.50. The summed E-state index contributed by atoms with van der Waals surface area (Å²) in [6, 6.07) is 20.3. The first-order valence-corrected chi connectivity index (χ1v) is 11.6. The molecule has 7 heteroatoms. The van der Waals surface area contributed by atoms with Crippen molar-refractivity contribution in [2.24, 2.45) is 0 Å². The fourth-order valence-corrected chi connectivity index (χ4v) is 4.24. The lowest BCUT2D eigenvalue weighted by Gasteiger charge is -2.16. The van der Waals surface area contributed by atoms with Crippen molar-refractivity contribution in [2.75, 3.05) is 20.7 Å². The molecule has 176 valence electrons. The van der Waals surface area contributed by atoms with Crippen molar-refractivity contribution in [3.05, 3.63) is 90.1 Å². The number of ether oxygens (including phenoxy) is 1. The number of aromatic nitrogens is 5. The maximum absolute atomic E-state index is 5.50. The molecule has 3 aromatic heterocycles. The number of para-hydroxylation sites is 1. The largest absolute Gasteiger partial charge is 0.496 e. The summed E-state index contributed by atoms with van der Waals surface area (Å²) in [5.74, 6) is 1.81. The summed E-state index contributed by atoms with van der Waals surface area (Å²) in [5.41, 5.74) is 7.49. The molecule has 0 saturated carbocycles. The Balaban J connectivity index is 1.44. The van der Waals surface area contributed by atoms with Gasteiger partial charge in [-0.2, -0.15) is 0 Å². The molecule has 0 bridgehead atoms. The van der Waals surface area contributed by atoms with Gasteiger partial charge in [-0.3, -0.25) is 19.9 Å². The van der Waals surface area contributed by atoms with Crippen LogP contribution in [-0.4, -0.2) is 50.5 Å². The molecular formula is C28H28N6O. The quantitative estimate of drug-likeness (QED) is 0.345. The lowest BCUT2D eigenvalue weighted by Crippen LogP contribution is -2.21. The van der Waals surface area contributed by atoms with Crippen LogP contribution in [0.25, 0.3) is 33.7 Å². The van der Waals surface area contributed by atoms with E-state index >= 15 is 0 Å². The molecule has 0 radical (unpaired) electrons. The van der Waals surface area contributed by atoms with Crippen molar-refractivity contribution in [3.8, 4) is 28.4 Å². The number of nitrogens with one attached hydrogen (secondary N) is 1. The van der Waals surface area contributed by atoms with Crippen molar-refractivity contribution in [2.45, 2.75) is 19.9 Å². The molecule has 0 unspecified atom stereocenters. The average molecular weight is 465 g/mol. The predicted molar refractivity (Wildman–Crippen MR) is 138 cm³/mol. The topological polar surface area (TPSA) is 79.8 Å². The Bertz CT molecular complexity index is 1460. The third kappa shape index (κ3) is 5.05. The number of methoxy groups -OCH3 is 1. The molecule has 7 nitrogen and oxygen atoms in total. The highest BCUT2D eigenvalue weighted by molar-refractivity contribution is 5.84. The summed E-state index contributed by atoms with van der Waals surface area (Å²) in [6.45, 7) is 3.55. The van der Waals surface area contributed by atoms with Crippen LogP contribution in [0.2, 0.25) is 0 Å². The van der Waals surface area contributed by atoms with Crippen LogP contribution in [-0.2, 0) is 13.0 Å². The summed E-state index contributed by atoms with van der Waals surface area (Å²) in [4.78, 5) is 24.4. The molecule has 2 aromatic carbocycles. The summed E-state index contributed by atoms with van der Waals surface area (Å²) < 4.78 is 5.50. The summed E-state index contributed by atoms with van der Waals surface area (Å²) in [6.07, 6.45) is 4.31. The minimum absolute atomic E-state index is 0.682. The molecule has 0 amide bonds. The van der Waals surface area contributed by atoms with Crippen molar-refractivity contribution >= 4 is 11.0 Å². The molecule has 0 aliphatic heterocycles. The van der Waals surface area contributed by atoms with Crippen molar-refractivity contribution in [1.82, 2.24) is 29.8 Å². The smallest absolute Gasteiger partial charge is 0.122 e. The van der Waals surface area contributed by atoms with E-state index in [4.69, 9.17) is 14.7 Å². The zero-order chi connectivity index (χ0) is 24.2. The number of H-pyrrole nitrogens is 1. The number of hydrogen-bond donors (Lipinski definition) is 1. The molecule has 0 aliphatic carbocycles. The Labute approximate surface area is 204 Å². The zero-order valence-electron chi connectivity index (χ0n) is 20.2. The Hall–Kier alpha value is -4.10. The average Bonchev–Trinajstić information content (AvgIpc) is 3.31. The second kappa shape index (κ2) is 10.0. The van der Waals surface area contributed by atoms with Gasteiger partial charge in [-0.05, 0) is 56.3 Å². The number of aromatic amines is 1. The van der Waals surface area contributed by atoms with Crippen molar-refractivity contribution in [3.63, 3.8) is 0 Å². The van der Waals surface area contributed by atoms with Crippen LogP contribution < -0.4 is 4.74 Å². The predicted octanol–water partition coefficient (Wildman–Crippen LogP) is 5.07. The maximum atomic E-state index is 5.50. The van der Waals surface area contributed by atoms with E-state index in [9.17, 15) is 0 Å². The minimum atomic E-state index is 0.682. The fourth-order valence-electron chi connectivity index (χ4n) is 4.24. The van der Waals surface area contributed by atoms with Crippen LogP contribution in [0.1, 0.15) is 17.1 Å². The number of fused-ring (bicyclic) bond motifs is 1. The second-order valence-corrected chi connectivity index (χ2v) is 8.63. The van der Waals surface area contributed by atoms with E-state index < -0.39 is 0 Å². The van der Waals surface area contributed by atoms with Crippen LogP contribution in [0.5, 0.6) is 5.75 Å². The molecule has 35 heavy (non-hydrogen) atoms. The number of likely N-dealkylation sites (N-methyl/N-ethyl adjacent to an activating group) is 1. The van der Waals surface area contributed by atoms with Gasteiger partial charge in [0.2, 0.25) is 0 Å². The SMILES string of the molecule is COc1ccccc1CCN(C)Cc1nc(-c2cccc(C)n2)c(-c2ccc3nccnc3c2)[nH]1. The van der Waals surface area contributed by atoms with Gasteiger partial charge in [0, 0.05) is 30.2 Å². The number of pyridine rings is 1. The van der Waals surface area contributed by atoms with Gasteiger partial charge >= 0.3 is 0 Å². The number of benzene rings is 2. The summed E-state index contributed by atoms with van der Waals surface area (Å²) in [5, 5.41) is 0. The van der Waals surface area contributed by atoms with Crippen LogP contribution in [0, 0.1) is 6.92 Å². The van der Waals surface area contributed by atoms with Gasteiger partial charge in [-0.25, -0.2) is 4.98 Å². The van der Waals surface area contributed by atoms with E-state index in [0.29, 0.717) is 6.54 Å². The van der Waals surface area contributed by atoms with Gasteiger partial charge in [0.1, 0.15) is 17.3 Å². The van der Waals surface area contributed by atoms with E-state index in [1.165, 1.54) is 5.56 Å². The lowest BCUT2D eigenvalue weighted by atomic mass is 10.1. The molecule has 0 fully saturated rings. The molecule has 0 saturated heterocycles. The molecule has 5 aromatic rings. The van der Waals surface area contributed by atoms with Crippen LogP contribution in [0.4, 0.5) is 0 Å². The normalized spacial score (nSPS) is 11.3. The first kappa shape index (κ1) is 22.7. The zero-order valence-corrected chi connectivity index (χ0v) is 20.2. The summed E-state index contributed by atoms with van der Waals surface area (Å²) in [7, 11) is 3.82. The number of rotatable bonds is 8. The third-order valence-electron chi connectivity index (χ3n) is 6.02. The van der Waals surface area contributed by atoms with Gasteiger partial charge in [0.05, 0.1) is 36.1 Å². The van der Waals surface area contributed by atoms with Gasteiger partial charge in [0.15, 0.2) is 0 Å². The van der Waals surface area contributed by atoms with Crippen LogP contribution in [0.15, 0.2) is 73.1 Å². The van der Waals surface area contributed by atoms with E-state index in [1.54, 1.807) is 19.5 Å². The van der Waals surface area contributed by atoms with Gasteiger partial charge in [-0.15, -0.1) is 0 Å². The van der Waals surface area contributed by atoms with E-state index in [1.807, 2.05) is 55.5 Å². The first-order valence-electron chi connectivity index (χ1n) is 11.6. The summed E-state index contributed by atoms with van der Waals surface area (Å²) >= 11 is 0. The molecule has 1 N–H and O–H groups in total. The number of aryl methyl sites for hydroxylation is 1. The molecular weight excluding hydrogens is 436 g/mol. The molecule has 3 heterocycles. The maximum Gasteiger partial charge on any atom is 0.122 e. The molecule has 0 atom stereocenters. The molecule has 0 aliphatic rings. The highest BCUT2D eigenvalue weighted by atomic mass is 16.5. The van der Waals surface area contributed by atoms with E-state index in [0.717, 1.165) is 63.9 Å². The number of nitrogens with zero attached hydrogens (tertiary/aromatic N) is 5. The minimum Gasteiger partial charge on any atom is -0.496 e. The van der Waals surface area contributed by atoms with Gasteiger partial charge in [0.25, 0.3) is 0 Å². The highest BCUT2D eigenvalue weighted by Gasteiger charge is 2.17. The van der Waals surface area contributed by atoms with Crippen LogP contribution in [0.3, 0.4) is 0 Å². The third-order valence-corrected chi connectivity index (χ3v) is 6.02. The van der Waals surface area contributed by atoms with Crippen molar-refractivity contribution in [1.29, 1.82) is 0 Å². The van der Waals surface area contributed by atoms with E-state index in [-0.39, 0.29) is 0 Å². The monoisotopic (exact) mass is 464 g/mol. The Morgan fingerprint density at radius 1 is 0.914 bits per heavy atom. The highest BCUT2D eigenvalue weighted by Crippen LogP contribution is 2.31. The second-order valence-electron chi connectivity index (χ2n) is 8.63. The lowest BCUT2D eigenvalue weighted by molar-refractivity contribution is 0.321. The van der Waals surface area contributed by atoms with Gasteiger partial charge < -0.3 is 9.72 Å². The standard InChI is InChI=1S/C28H28N6O/c1-19-7-6-9-23(31-19)28-27(21-11-12-22-24(17-21)30-15-14-29-22)32-26(33-28)18-34(2)16-13-20-8-4-5-10-25(20)35-3/h4-12,14-15,17H,13,16,18H2,1-3H3,(H,32,33). The number of imidazole rings is 1.